The standard InChI is InChI=1S/C28H23N7O3S.C23H21N3O3S.C17H15ClN2O.C12H18BNO4S.C5H3ClN4/c1-17(33-26-23(31-2)16-32-28(29)34-26)24-15-19-9-7-13-22(18-8-6-12-21(14-18)39(30,37)38)25(19)27(36)35(24)20-10-4-3-5-11-20;1-15(24)21-14-17-8-6-12-20(16-7-5-11-19(13-16)30(25,28)29)22(17)23(27)26(21)18-9-3-2-4-10-18;1-11(19)15-10-12-6-5-9-14(18)16(12)17(21)20(15)13-7-3-2-4-8-13;1-11(2)12(3,4)18-13(17-11)9-6-5-7-10(8-9)19(14,15)16;6-4-3(1-7)2-9-5(8)10-4/h3-17H,1H3,(H2,30,37,38)(H3,29,32,33,34);2-15H,24H2,1H3,(H2,25,28,29);2-11H,19H2,1H3;5-8H,1-4H3,(H2,14,15,16);2H,(H2,8,9,10)/t17-;15-;11-;;/m000../s1. The topological polar surface area (TPSA) is 461 Å². The van der Waals surface area contributed by atoms with Gasteiger partial charge < -0.3 is 37.6 Å². The maximum absolute atomic E-state index is 14.3. The molecule has 5 aromatic heterocycles. The summed E-state index contributed by atoms with van der Waals surface area (Å²) in [5.41, 5.74) is 29.2. The minimum atomic E-state index is -3.94. The van der Waals surface area contributed by atoms with Crippen molar-refractivity contribution in [2.24, 2.45) is 26.9 Å². The highest BCUT2D eigenvalue weighted by atomic mass is 35.5. The molecule has 14 aromatic rings. The van der Waals surface area contributed by atoms with Crippen LogP contribution < -0.4 is 65.8 Å². The lowest BCUT2D eigenvalue weighted by Gasteiger charge is -2.32. The number of para-hydroxylation sites is 3. The zero-order valence-electron chi connectivity index (χ0n) is 65.0. The maximum atomic E-state index is 14.3. The molecule has 3 atom stereocenters. The van der Waals surface area contributed by atoms with Crippen molar-refractivity contribution >= 4 is 122 Å². The summed E-state index contributed by atoms with van der Waals surface area (Å²) in [5.74, 6) is 0.345. The van der Waals surface area contributed by atoms with Gasteiger partial charge in [0.1, 0.15) is 17.5 Å². The number of primary sulfonamides is 3. The Balaban J connectivity index is 0.000000154. The van der Waals surface area contributed by atoms with Crippen molar-refractivity contribution in [3.63, 3.8) is 0 Å². The highest BCUT2D eigenvalue weighted by Gasteiger charge is 2.52. The number of hydrogen-bond donors (Lipinski definition) is 8. The summed E-state index contributed by atoms with van der Waals surface area (Å²) in [4.78, 5) is 59.5. The first-order chi connectivity index (χ1) is 56.3. The molecule has 28 nitrogen and oxygen atoms in total. The van der Waals surface area contributed by atoms with E-state index < -0.39 is 54.4 Å². The van der Waals surface area contributed by atoms with Crippen LogP contribution in [0.3, 0.4) is 0 Å². The highest BCUT2D eigenvalue weighted by molar-refractivity contribution is 7.89. The normalized spacial score (nSPS) is 13.6. The SMILES string of the molecule is CC1(C)OB(c2cccc(S(N)(=O)=O)c2)OC1(C)C.C[C@H](N)c1cc2cccc(-c3cccc(S(N)(=O)=O)c3)c2c(=O)n1-c1ccccc1.C[C@H](N)c1cc2cccc(Cl)c2c(=O)n1-c1ccccc1.N#Cc1cnc(N)nc1Cl.[C-]#[N+]c1cnc(N)nc1N[C@@H](C)c1cc2cccc(-c3cccc(S(N)(=O)=O)c3)c2c(=O)n1-c1ccccc1. The number of nitrogens with one attached hydrogen (secondary N) is 1. The number of nitrogen functional groups attached to an aromatic ring is 2. The Bertz CT molecular complexity index is 6840. The minimum absolute atomic E-state index is 0.00686. The lowest BCUT2D eigenvalue weighted by atomic mass is 9.79. The lowest BCUT2D eigenvalue weighted by molar-refractivity contribution is 0.00578. The van der Waals surface area contributed by atoms with Crippen molar-refractivity contribution in [3.05, 3.63) is 324 Å². The Labute approximate surface area is 696 Å². The molecule has 0 unspecified atom stereocenters. The molecule has 606 valence electrons. The molecule has 6 heterocycles. The maximum Gasteiger partial charge on any atom is 0.494 e. The van der Waals surface area contributed by atoms with E-state index in [1.807, 2.05) is 194 Å². The summed E-state index contributed by atoms with van der Waals surface area (Å²) in [6, 6.07) is 69.5. The molecule has 0 amide bonds. The fraction of sp³-hybridized carbons (Fsp3) is 0.141. The van der Waals surface area contributed by atoms with Crippen molar-refractivity contribution in [1.29, 1.82) is 5.26 Å². The predicted octanol–water partition coefficient (Wildman–Crippen LogP) is 12.6. The van der Waals surface area contributed by atoms with E-state index >= 15 is 0 Å². The van der Waals surface area contributed by atoms with Gasteiger partial charge in [0, 0.05) is 52.4 Å². The van der Waals surface area contributed by atoms with Crippen LogP contribution >= 0.6 is 23.2 Å². The smallest absolute Gasteiger partial charge is 0.399 e. The molecule has 1 fully saturated rings. The number of rotatable bonds is 14. The minimum Gasteiger partial charge on any atom is -0.399 e. The molecule has 0 bridgehead atoms. The zero-order chi connectivity index (χ0) is 86.2. The number of sulfonamides is 3. The van der Waals surface area contributed by atoms with Crippen LogP contribution in [-0.2, 0) is 39.4 Å². The van der Waals surface area contributed by atoms with Gasteiger partial charge in [-0.2, -0.15) is 10.2 Å². The van der Waals surface area contributed by atoms with Crippen molar-refractivity contribution in [2.75, 3.05) is 16.8 Å². The number of halogens is 2. The molecular formula is C85H80BCl2N17O11S3. The van der Waals surface area contributed by atoms with E-state index in [1.54, 1.807) is 74.4 Å². The first kappa shape index (κ1) is 87.2. The number of nitrogens with two attached hydrogens (primary N) is 7. The molecular weight excluding hydrogens is 1610 g/mol. The van der Waals surface area contributed by atoms with Gasteiger partial charge in [-0.25, -0.2) is 60.5 Å². The molecule has 0 saturated carbocycles. The van der Waals surface area contributed by atoms with Gasteiger partial charge >= 0.3 is 7.12 Å². The van der Waals surface area contributed by atoms with E-state index in [0.29, 0.717) is 77.0 Å². The summed E-state index contributed by atoms with van der Waals surface area (Å²) in [6.07, 6.45) is 2.63. The van der Waals surface area contributed by atoms with Crippen molar-refractivity contribution in [2.45, 2.75) is 92.5 Å². The van der Waals surface area contributed by atoms with Crippen LogP contribution in [0.25, 0.3) is 76.5 Å². The zero-order valence-corrected chi connectivity index (χ0v) is 69.0. The van der Waals surface area contributed by atoms with Gasteiger partial charge in [-0.05, 0) is 189 Å². The first-order valence-corrected chi connectivity index (χ1v) is 41.8. The number of fused-ring (bicyclic) bond motifs is 3. The number of pyridine rings is 3. The number of benzene rings is 9. The summed E-state index contributed by atoms with van der Waals surface area (Å²) < 4.78 is 86.9. The average Bonchev–Trinajstić information content (AvgIpc) is 1.58. The van der Waals surface area contributed by atoms with E-state index in [-0.39, 0.29) is 77.6 Å². The molecule has 34 heteroatoms. The number of nitrogens with zero attached hydrogens (tertiary/aromatic N) is 9. The van der Waals surface area contributed by atoms with E-state index in [1.165, 1.54) is 48.8 Å². The molecule has 1 saturated heterocycles. The molecule has 119 heavy (non-hydrogen) atoms. The molecule has 1 aliphatic heterocycles. The van der Waals surface area contributed by atoms with Gasteiger partial charge in [0.2, 0.25) is 47.7 Å². The Kier molecular flexibility index (Phi) is 26.4. The number of hydrogen-bond acceptors (Lipinski definition) is 21. The molecule has 9 aromatic carbocycles. The third-order valence-corrected chi connectivity index (χ3v) is 22.7. The fourth-order valence-corrected chi connectivity index (χ4v) is 15.0. The predicted molar refractivity (Wildman–Crippen MR) is 467 cm³/mol. The van der Waals surface area contributed by atoms with Gasteiger partial charge in [0.25, 0.3) is 16.7 Å². The van der Waals surface area contributed by atoms with Gasteiger partial charge in [0.15, 0.2) is 5.15 Å². The van der Waals surface area contributed by atoms with Crippen LogP contribution in [0.4, 0.5) is 23.4 Å². The van der Waals surface area contributed by atoms with Gasteiger partial charge in [-0.15, -0.1) is 0 Å². The lowest BCUT2D eigenvalue weighted by Crippen LogP contribution is -2.41. The Morgan fingerprint density at radius 1 is 0.496 bits per heavy atom. The molecule has 0 radical (unpaired) electrons. The first-order valence-electron chi connectivity index (χ1n) is 36.4. The second kappa shape index (κ2) is 36.1. The Morgan fingerprint density at radius 3 is 1.29 bits per heavy atom. The van der Waals surface area contributed by atoms with Crippen LogP contribution in [0.15, 0.2) is 278 Å². The van der Waals surface area contributed by atoms with Crippen LogP contribution in [0, 0.1) is 17.9 Å². The largest absolute Gasteiger partial charge is 0.494 e. The van der Waals surface area contributed by atoms with Crippen LogP contribution in [0.2, 0.25) is 10.2 Å². The van der Waals surface area contributed by atoms with E-state index in [4.69, 9.17) is 82.7 Å². The summed E-state index contributed by atoms with van der Waals surface area (Å²) >= 11 is 11.7. The number of anilines is 3. The molecule has 0 spiro atoms. The van der Waals surface area contributed by atoms with Crippen molar-refractivity contribution < 1.29 is 34.6 Å². The quantitative estimate of drug-likeness (QED) is 0.0285. The van der Waals surface area contributed by atoms with Gasteiger partial charge in [0.05, 0.1) is 65.9 Å². The highest BCUT2D eigenvalue weighted by Crippen LogP contribution is 2.38. The third kappa shape index (κ3) is 19.8. The Morgan fingerprint density at radius 2 is 0.874 bits per heavy atom. The van der Waals surface area contributed by atoms with E-state index in [0.717, 1.165) is 22.2 Å². The van der Waals surface area contributed by atoms with Crippen LogP contribution in [0.1, 0.15) is 89.2 Å². The molecule has 0 aliphatic carbocycles. The monoisotopic (exact) mass is 1690 g/mol. The van der Waals surface area contributed by atoms with Crippen molar-refractivity contribution in [1.82, 2.24) is 33.6 Å². The van der Waals surface area contributed by atoms with Crippen LogP contribution in [-0.4, -0.2) is 77.2 Å². The molecule has 15 rings (SSSR count). The second-order valence-electron chi connectivity index (χ2n) is 28.3. The van der Waals surface area contributed by atoms with Gasteiger partial charge in [-0.1, -0.05) is 163 Å². The second-order valence-corrected chi connectivity index (χ2v) is 33.7. The summed E-state index contributed by atoms with van der Waals surface area (Å²) in [7, 11) is -12.1. The Hall–Kier alpha value is -12.6. The number of aromatic nitrogens is 7. The molecule has 15 N–H and O–H groups in total. The third-order valence-electron chi connectivity index (χ3n) is 19.4. The summed E-state index contributed by atoms with van der Waals surface area (Å²) in [5, 5.41) is 31.5. The average molecular weight is 1690 g/mol. The van der Waals surface area contributed by atoms with Crippen molar-refractivity contribution in [3.8, 4) is 45.4 Å². The van der Waals surface area contributed by atoms with E-state index in [9.17, 15) is 39.6 Å². The van der Waals surface area contributed by atoms with Crippen LogP contribution in [0.5, 0.6) is 0 Å². The van der Waals surface area contributed by atoms with E-state index in [2.05, 4.69) is 30.1 Å². The number of nitriles is 1. The fourth-order valence-electron chi connectivity index (χ4n) is 12.9. The molecule has 1 aliphatic rings. The summed E-state index contributed by atoms with van der Waals surface area (Å²) in [6.45, 7) is 20.8. The van der Waals surface area contributed by atoms with Gasteiger partial charge in [-0.3, -0.25) is 28.1 Å².